The van der Waals surface area contributed by atoms with Crippen LogP contribution in [0.2, 0.25) is 0 Å². The first-order valence-corrected chi connectivity index (χ1v) is 11.5. The highest BCUT2D eigenvalue weighted by atomic mass is 16.5. The number of carbonyl (C=O) groups excluding carboxylic acids is 2. The van der Waals surface area contributed by atoms with E-state index in [4.69, 9.17) is 14.5 Å². The molecule has 4 rings (SSSR count). The van der Waals surface area contributed by atoms with Gasteiger partial charge in [0.25, 0.3) is 0 Å². The monoisotopic (exact) mass is 445 g/mol. The van der Waals surface area contributed by atoms with Crippen molar-refractivity contribution in [1.82, 2.24) is 0 Å². The van der Waals surface area contributed by atoms with Gasteiger partial charge in [0.15, 0.2) is 5.78 Å². The Bertz CT molecular complexity index is 1110. The summed E-state index contributed by atoms with van der Waals surface area (Å²) in [5, 5.41) is 0. The number of aliphatic imine (C=N–C) groups is 1. The van der Waals surface area contributed by atoms with Crippen molar-refractivity contribution in [2.45, 2.75) is 53.1 Å². The zero-order valence-electron chi connectivity index (χ0n) is 19.8. The Labute approximate surface area is 195 Å². The lowest BCUT2D eigenvalue weighted by atomic mass is 9.66. The Morgan fingerprint density at radius 2 is 1.76 bits per heavy atom. The van der Waals surface area contributed by atoms with Gasteiger partial charge in [-0.05, 0) is 37.3 Å². The molecule has 2 aromatic rings. The summed E-state index contributed by atoms with van der Waals surface area (Å²) in [5.74, 6) is -0.775. The molecule has 0 saturated heterocycles. The Morgan fingerprint density at radius 3 is 2.48 bits per heavy atom. The molecule has 2 atom stereocenters. The van der Waals surface area contributed by atoms with E-state index in [9.17, 15) is 9.59 Å². The summed E-state index contributed by atoms with van der Waals surface area (Å²) in [4.78, 5) is 31.3. The maximum atomic E-state index is 13.4. The van der Waals surface area contributed by atoms with E-state index in [2.05, 4.69) is 13.8 Å². The maximum absolute atomic E-state index is 13.4. The molecule has 1 aliphatic heterocycles. The van der Waals surface area contributed by atoms with E-state index < -0.39 is 11.8 Å². The van der Waals surface area contributed by atoms with Gasteiger partial charge < -0.3 is 9.47 Å². The fourth-order valence-corrected chi connectivity index (χ4v) is 4.92. The van der Waals surface area contributed by atoms with Crippen LogP contribution in [-0.2, 0) is 20.9 Å². The van der Waals surface area contributed by atoms with Gasteiger partial charge in [0.1, 0.15) is 18.3 Å². The minimum atomic E-state index is -0.657. The average Bonchev–Trinajstić information content (AvgIpc) is 2.77. The van der Waals surface area contributed by atoms with Gasteiger partial charge in [-0.2, -0.15) is 0 Å². The fourth-order valence-electron chi connectivity index (χ4n) is 4.92. The lowest BCUT2D eigenvalue weighted by molar-refractivity contribution is -0.146. The lowest BCUT2D eigenvalue weighted by Gasteiger charge is -2.39. The van der Waals surface area contributed by atoms with Crippen LogP contribution in [0.25, 0.3) is 0 Å². The molecule has 0 bridgehead atoms. The van der Waals surface area contributed by atoms with Crippen LogP contribution in [0.4, 0.5) is 0 Å². The lowest BCUT2D eigenvalue weighted by Crippen LogP contribution is -2.39. The summed E-state index contributed by atoms with van der Waals surface area (Å²) >= 11 is 0. The largest absolute Gasteiger partial charge is 0.489 e. The van der Waals surface area contributed by atoms with Gasteiger partial charge in [-0.1, -0.05) is 62.4 Å². The average molecular weight is 446 g/mol. The molecule has 0 fully saturated rings. The van der Waals surface area contributed by atoms with Crippen molar-refractivity contribution in [3.63, 3.8) is 0 Å². The quantitative estimate of drug-likeness (QED) is 0.539. The first-order valence-electron chi connectivity index (χ1n) is 11.5. The van der Waals surface area contributed by atoms with Crippen molar-refractivity contribution in [1.29, 1.82) is 0 Å². The highest BCUT2D eigenvalue weighted by Gasteiger charge is 2.46. The SMILES string of the molecule is CCOC(=O)C1C(C)=NC2=C(C(=O)CC(C)(C)C2)[C@@H]1c1ccccc1OCc1ccccc1. The third-order valence-corrected chi connectivity index (χ3v) is 6.33. The highest BCUT2D eigenvalue weighted by molar-refractivity contribution is 6.09. The number of ketones is 1. The number of benzene rings is 2. The maximum Gasteiger partial charge on any atom is 0.315 e. The van der Waals surface area contributed by atoms with Crippen molar-refractivity contribution in [2.24, 2.45) is 16.3 Å². The fraction of sp³-hybridized carbons (Fsp3) is 0.393. The van der Waals surface area contributed by atoms with Crippen LogP contribution in [0.1, 0.15) is 57.6 Å². The predicted octanol–water partition coefficient (Wildman–Crippen LogP) is 5.65. The van der Waals surface area contributed by atoms with Crippen molar-refractivity contribution in [3.05, 3.63) is 77.0 Å². The molecule has 0 spiro atoms. The van der Waals surface area contributed by atoms with Gasteiger partial charge in [-0.25, -0.2) is 0 Å². The summed E-state index contributed by atoms with van der Waals surface area (Å²) in [6.45, 7) is 8.49. The second-order valence-corrected chi connectivity index (χ2v) is 9.57. The topological polar surface area (TPSA) is 65.0 Å². The van der Waals surface area contributed by atoms with E-state index in [1.165, 1.54) is 0 Å². The Kier molecular flexibility index (Phi) is 6.50. The summed E-state index contributed by atoms with van der Waals surface area (Å²) in [6, 6.07) is 17.6. The number of nitrogens with zero attached hydrogens (tertiary/aromatic N) is 1. The molecule has 2 aromatic carbocycles. The van der Waals surface area contributed by atoms with Gasteiger partial charge in [-0.3, -0.25) is 14.6 Å². The van der Waals surface area contributed by atoms with E-state index in [1.807, 2.05) is 61.5 Å². The molecule has 33 heavy (non-hydrogen) atoms. The molecule has 172 valence electrons. The van der Waals surface area contributed by atoms with Gasteiger partial charge >= 0.3 is 5.97 Å². The van der Waals surface area contributed by atoms with Crippen molar-refractivity contribution >= 4 is 17.5 Å². The Hall–Kier alpha value is -3.21. The van der Waals surface area contributed by atoms with Crippen LogP contribution >= 0.6 is 0 Å². The predicted molar refractivity (Wildman–Crippen MR) is 128 cm³/mol. The minimum Gasteiger partial charge on any atom is -0.489 e. The highest BCUT2D eigenvalue weighted by Crippen LogP contribution is 2.49. The molecule has 0 saturated carbocycles. The molecular formula is C28H31NO4. The summed E-state index contributed by atoms with van der Waals surface area (Å²) in [6.07, 6.45) is 1.13. The van der Waals surface area contributed by atoms with E-state index in [-0.39, 0.29) is 23.8 Å². The third kappa shape index (κ3) is 4.77. The van der Waals surface area contributed by atoms with Crippen LogP contribution in [-0.4, -0.2) is 24.1 Å². The Balaban J connectivity index is 1.80. The van der Waals surface area contributed by atoms with Crippen molar-refractivity contribution in [2.75, 3.05) is 6.61 Å². The van der Waals surface area contributed by atoms with Gasteiger partial charge in [0.2, 0.25) is 0 Å². The number of allylic oxidation sites excluding steroid dienone is 2. The standard InChI is InChI=1S/C28H31NO4/c1-5-32-27(31)24-18(2)29-21-15-28(3,4)16-22(30)26(21)25(24)20-13-9-10-14-23(20)33-17-19-11-7-6-8-12-19/h6-14,24-25H,5,15-17H2,1-4H3/t24?,25-/m1/s1. The molecule has 0 amide bonds. The number of esters is 1. The van der Waals surface area contributed by atoms with Crippen molar-refractivity contribution < 1.29 is 19.1 Å². The molecule has 1 unspecified atom stereocenters. The van der Waals surface area contributed by atoms with Gasteiger partial charge in [0, 0.05) is 34.9 Å². The molecule has 0 radical (unpaired) electrons. The van der Waals surface area contributed by atoms with Crippen LogP contribution < -0.4 is 4.74 Å². The minimum absolute atomic E-state index is 0.0506. The van der Waals surface area contributed by atoms with Gasteiger partial charge in [-0.15, -0.1) is 0 Å². The van der Waals surface area contributed by atoms with E-state index in [0.29, 0.717) is 36.5 Å². The Morgan fingerprint density at radius 1 is 1.06 bits per heavy atom. The number of para-hydroxylation sites is 1. The van der Waals surface area contributed by atoms with Crippen LogP contribution in [0, 0.1) is 11.3 Å². The second kappa shape index (κ2) is 9.34. The van der Waals surface area contributed by atoms with Gasteiger partial charge in [0.05, 0.1) is 6.61 Å². The molecule has 0 aromatic heterocycles. The number of hydrogen-bond acceptors (Lipinski definition) is 5. The number of carbonyl (C=O) groups is 2. The zero-order chi connectivity index (χ0) is 23.6. The molecule has 1 heterocycles. The first kappa shape index (κ1) is 23.0. The molecular weight excluding hydrogens is 414 g/mol. The van der Waals surface area contributed by atoms with E-state index >= 15 is 0 Å². The zero-order valence-corrected chi connectivity index (χ0v) is 19.8. The summed E-state index contributed by atoms with van der Waals surface area (Å²) < 4.78 is 11.7. The number of rotatable bonds is 6. The smallest absolute Gasteiger partial charge is 0.315 e. The number of hydrogen-bond donors (Lipinski definition) is 0. The molecule has 0 N–H and O–H groups in total. The third-order valence-electron chi connectivity index (χ3n) is 6.33. The molecule has 2 aliphatic rings. The number of ether oxygens (including phenoxy) is 2. The molecule has 1 aliphatic carbocycles. The van der Waals surface area contributed by atoms with Crippen LogP contribution in [0.5, 0.6) is 5.75 Å². The summed E-state index contributed by atoms with van der Waals surface area (Å²) in [5.41, 5.74) is 3.81. The molecule has 5 nitrogen and oxygen atoms in total. The first-order chi connectivity index (χ1) is 15.8. The van der Waals surface area contributed by atoms with Crippen LogP contribution in [0.15, 0.2) is 70.9 Å². The van der Waals surface area contributed by atoms with E-state index in [0.717, 1.165) is 16.8 Å². The van der Waals surface area contributed by atoms with E-state index in [1.54, 1.807) is 6.92 Å². The molecule has 5 heteroatoms. The number of Topliss-reactive ketones (excluding diaryl/α,β-unsaturated/α-hetero) is 1. The van der Waals surface area contributed by atoms with Crippen LogP contribution in [0.3, 0.4) is 0 Å². The normalized spacial score (nSPS) is 21.8. The summed E-state index contributed by atoms with van der Waals surface area (Å²) in [7, 11) is 0. The van der Waals surface area contributed by atoms with Crippen molar-refractivity contribution in [3.8, 4) is 5.75 Å². The second-order valence-electron chi connectivity index (χ2n) is 9.57.